The minimum Gasteiger partial charge on any atom is -0.480 e. The van der Waals surface area contributed by atoms with Gasteiger partial charge in [0.1, 0.15) is 6.04 Å². The van der Waals surface area contributed by atoms with E-state index in [-0.39, 0.29) is 5.54 Å². The number of nitrogens with zero attached hydrogens (tertiary/aromatic N) is 1. The third kappa shape index (κ3) is 4.07. The Labute approximate surface area is 86.1 Å². The van der Waals surface area contributed by atoms with E-state index in [1.54, 1.807) is 0 Å². The molecule has 1 unspecified atom stereocenters. The van der Waals surface area contributed by atoms with Crippen molar-refractivity contribution in [2.24, 2.45) is 5.73 Å². The number of nitrogens with two attached hydrogens (primary N) is 1. The lowest BCUT2D eigenvalue weighted by atomic mass is 9.99. The highest BCUT2D eigenvalue weighted by Crippen LogP contribution is 2.16. The number of rotatable bonds is 6. The summed E-state index contributed by atoms with van der Waals surface area (Å²) in [6.45, 7) is 7.11. The van der Waals surface area contributed by atoms with Crippen molar-refractivity contribution in [1.82, 2.24) is 4.90 Å². The number of carboxylic acids is 1. The fraction of sp³-hybridized carbons (Fsp3) is 0.900. The minimum absolute atomic E-state index is 0.109. The molecule has 0 radical (unpaired) electrons. The summed E-state index contributed by atoms with van der Waals surface area (Å²) in [6.07, 6.45) is 1.53. The molecule has 0 saturated carbocycles. The Morgan fingerprint density at radius 1 is 1.57 bits per heavy atom. The van der Waals surface area contributed by atoms with E-state index in [1.807, 2.05) is 7.05 Å². The molecular weight excluding hydrogens is 180 g/mol. The molecule has 0 aliphatic heterocycles. The zero-order chi connectivity index (χ0) is 11.4. The Morgan fingerprint density at radius 3 is 2.43 bits per heavy atom. The van der Waals surface area contributed by atoms with Crippen molar-refractivity contribution in [1.29, 1.82) is 0 Å². The van der Waals surface area contributed by atoms with Crippen LogP contribution in [0.3, 0.4) is 0 Å². The van der Waals surface area contributed by atoms with Crippen molar-refractivity contribution in [2.45, 2.75) is 45.2 Å². The molecule has 0 rings (SSSR count). The highest BCUT2D eigenvalue weighted by atomic mass is 16.4. The van der Waals surface area contributed by atoms with Crippen molar-refractivity contribution in [3.05, 3.63) is 0 Å². The molecule has 0 aliphatic carbocycles. The second kappa shape index (κ2) is 5.32. The van der Waals surface area contributed by atoms with Crippen LogP contribution in [0.1, 0.15) is 33.6 Å². The van der Waals surface area contributed by atoms with E-state index in [2.05, 4.69) is 25.7 Å². The fourth-order valence-electron chi connectivity index (χ4n) is 1.03. The second-order valence-electron chi connectivity index (χ2n) is 4.32. The first-order chi connectivity index (χ1) is 6.31. The number of carboxylic acid groups (broad SMARTS) is 1. The molecule has 3 N–H and O–H groups in total. The van der Waals surface area contributed by atoms with Gasteiger partial charge in [0.2, 0.25) is 0 Å². The Bertz CT molecular complexity index is 193. The molecule has 0 saturated heterocycles. The lowest BCUT2D eigenvalue weighted by Gasteiger charge is -2.35. The van der Waals surface area contributed by atoms with Crippen LogP contribution >= 0.6 is 0 Å². The second-order valence-corrected chi connectivity index (χ2v) is 4.32. The molecule has 0 heterocycles. The molecule has 14 heavy (non-hydrogen) atoms. The van der Waals surface area contributed by atoms with Crippen LogP contribution in [0.25, 0.3) is 0 Å². The molecule has 4 nitrogen and oxygen atoms in total. The van der Waals surface area contributed by atoms with Gasteiger partial charge in [-0.2, -0.15) is 0 Å². The molecule has 0 fully saturated rings. The average molecular weight is 202 g/mol. The largest absolute Gasteiger partial charge is 0.480 e. The van der Waals surface area contributed by atoms with Gasteiger partial charge < -0.3 is 15.7 Å². The molecule has 0 aliphatic rings. The molecule has 0 bridgehead atoms. The van der Waals surface area contributed by atoms with Crippen LogP contribution in [0.15, 0.2) is 0 Å². The fourth-order valence-corrected chi connectivity index (χ4v) is 1.03. The van der Waals surface area contributed by atoms with Gasteiger partial charge in [0.15, 0.2) is 0 Å². The summed E-state index contributed by atoms with van der Waals surface area (Å²) < 4.78 is 0. The van der Waals surface area contributed by atoms with E-state index in [9.17, 15) is 4.79 Å². The quantitative estimate of drug-likeness (QED) is 0.672. The molecule has 4 heteroatoms. The first-order valence-electron chi connectivity index (χ1n) is 5.01. The third-order valence-electron chi connectivity index (χ3n) is 2.99. The average Bonchev–Trinajstić information content (AvgIpc) is 2.13. The van der Waals surface area contributed by atoms with Gasteiger partial charge in [-0.25, -0.2) is 0 Å². The summed E-state index contributed by atoms with van der Waals surface area (Å²) in [5.41, 5.74) is 5.53. The Morgan fingerprint density at radius 2 is 2.07 bits per heavy atom. The van der Waals surface area contributed by atoms with Crippen LogP contribution in [-0.2, 0) is 4.79 Å². The van der Waals surface area contributed by atoms with E-state index in [0.29, 0.717) is 13.0 Å². The Balaban J connectivity index is 3.96. The maximum Gasteiger partial charge on any atom is 0.320 e. The van der Waals surface area contributed by atoms with Gasteiger partial charge in [-0.3, -0.25) is 4.79 Å². The smallest absolute Gasteiger partial charge is 0.320 e. The van der Waals surface area contributed by atoms with Crippen LogP contribution in [0.2, 0.25) is 0 Å². The van der Waals surface area contributed by atoms with Crippen LogP contribution in [-0.4, -0.2) is 41.1 Å². The summed E-state index contributed by atoms with van der Waals surface area (Å²) >= 11 is 0. The monoisotopic (exact) mass is 202 g/mol. The van der Waals surface area contributed by atoms with E-state index >= 15 is 0 Å². The normalized spacial score (nSPS) is 14.4. The standard InChI is InChI=1S/C10H22N2O2/c1-5-10(2,3)12(4)7-6-8(11)9(13)14/h8H,5-7,11H2,1-4H3,(H,13,14). The molecule has 0 aromatic carbocycles. The highest BCUT2D eigenvalue weighted by Gasteiger charge is 2.22. The molecule has 0 aromatic heterocycles. The summed E-state index contributed by atoms with van der Waals surface area (Å²) in [4.78, 5) is 12.6. The summed E-state index contributed by atoms with van der Waals surface area (Å²) in [6, 6.07) is -0.745. The predicted octanol–water partition coefficient (Wildman–Crippen LogP) is 0.909. The number of carbonyl (C=O) groups is 1. The van der Waals surface area contributed by atoms with Gasteiger partial charge in [-0.15, -0.1) is 0 Å². The molecule has 0 aromatic rings. The maximum atomic E-state index is 10.5. The van der Waals surface area contributed by atoms with E-state index < -0.39 is 12.0 Å². The first-order valence-corrected chi connectivity index (χ1v) is 5.01. The lowest BCUT2D eigenvalue weighted by molar-refractivity contribution is -0.138. The van der Waals surface area contributed by atoms with Crippen molar-refractivity contribution in [3.8, 4) is 0 Å². The van der Waals surface area contributed by atoms with Gasteiger partial charge in [0.25, 0.3) is 0 Å². The molecule has 0 spiro atoms. The molecular formula is C10H22N2O2. The Kier molecular flexibility index (Phi) is 5.08. The SMILES string of the molecule is CCC(C)(C)N(C)CCC(N)C(=O)O. The lowest BCUT2D eigenvalue weighted by Crippen LogP contribution is -2.43. The highest BCUT2D eigenvalue weighted by molar-refractivity contribution is 5.72. The van der Waals surface area contributed by atoms with Crippen molar-refractivity contribution < 1.29 is 9.90 Å². The minimum atomic E-state index is -0.923. The molecule has 84 valence electrons. The Hall–Kier alpha value is -0.610. The van der Waals surface area contributed by atoms with Crippen molar-refractivity contribution in [2.75, 3.05) is 13.6 Å². The van der Waals surface area contributed by atoms with Crippen LogP contribution < -0.4 is 5.73 Å². The van der Waals surface area contributed by atoms with Crippen LogP contribution in [0.4, 0.5) is 0 Å². The first kappa shape index (κ1) is 13.4. The van der Waals surface area contributed by atoms with E-state index in [1.165, 1.54) is 0 Å². The summed E-state index contributed by atoms with van der Waals surface area (Å²) in [7, 11) is 2.00. The van der Waals surface area contributed by atoms with Crippen molar-refractivity contribution in [3.63, 3.8) is 0 Å². The van der Waals surface area contributed by atoms with Crippen LogP contribution in [0.5, 0.6) is 0 Å². The topological polar surface area (TPSA) is 66.6 Å². The zero-order valence-electron chi connectivity index (χ0n) is 9.58. The van der Waals surface area contributed by atoms with E-state index in [4.69, 9.17) is 10.8 Å². The van der Waals surface area contributed by atoms with Gasteiger partial charge in [-0.05, 0) is 33.7 Å². The van der Waals surface area contributed by atoms with Gasteiger partial charge in [-0.1, -0.05) is 6.92 Å². The summed E-state index contributed by atoms with van der Waals surface area (Å²) in [5.74, 6) is -0.923. The van der Waals surface area contributed by atoms with Gasteiger partial charge >= 0.3 is 5.97 Å². The van der Waals surface area contributed by atoms with Crippen LogP contribution in [0, 0.1) is 0 Å². The van der Waals surface area contributed by atoms with Crippen molar-refractivity contribution >= 4 is 5.97 Å². The number of hydrogen-bond donors (Lipinski definition) is 2. The van der Waals surface area contributed by atoms with Gasteiger partial charge in [0, 0.05) is 12.1 Å². The maximum absolute atomic E-state index is 10.5. The number of aliphatic carboxylic acids is 1. The van der Waals surface area contributed by atoms with E-state index in [0.717, 1.165) is 6.42 Å². The summed E-state index contributed by atoms with van der Waals surface area (Å²) in [5, 5.41) is 8.61. The number of hydrogen-bond acceptors (Lipinski definition) is 3. The predicted molar refractivity (Wildman–Crippen MR) is 57.2 cm³/mol. The third-order valence-corrected chi connectivity index (χ3v) is 2.99. The molecule has 0 amide bonds. The van der Waals surface area contributed by atoms with Gasteiger partial charge in [0.05, 0.1) is 0 Å². The molecule has 1 atom stereocenters. The zero-order valence-corrected chi connectivity index (χ0v) is 9.58.